The third-order valence-corrected chi connectivity index (χ3v) is 5.15. The SMILES string of the molecule is COc1c(C(C)(C)C)cc(-c2ccc[nH]c2=O)c2ncc(-c3ccccc3)cc12. The summed E-state index contributed by atoms with van der Waals surface area (Å²) < 4.78 is 5.87. The number of methoxy groups -OCH3 is 1. The minimum Gasteiger partial charge on any atom is -0.496 e. The van der Waals surface area contributed by atoms with Crippen LogP contribution in [-0.2, 0) is 5.41 Å². The normalized spacial score (nSPS) is 11.6. The van der Waals surface area contributed by atoms with Crippen molar-refractivity contribution in [2.24, 2.45) is 0 Å². The van der Waals surface area contributed by atoms with E-state index in [4.69, 9.17) is 9.72 Å². The number of hydrogen-bond donors (Lipinski definition) is 1. The smallest absolute Gasteiger partial charge is 0.255 e. The van der Waals surface area contributed by atoms with E-state index >= 15 is 0 Å². The highest BCUT2D eigenvalue weighted by molar-refractivity contribution is 6.00. The molecular weight excluding hydrogens is 360 g/mol. The van der Waals surface area contributed by atoms with E-state index in [1.54, 1.807) is 13.3 Å². The molecule has 1 N–H and O–H groups in total. The number of benzene rings is 2. The molecule has 0 aliphatic heterocycles. The fourth-order valence-corrected chi connectivity index (χ4v) is 3.68. The number of pyridine rings is 2. The lowest BCUT2D eigenvalue weighted by atomic mass is 9.83. The molecule has 4 rings (SSSR count). The van der Waals surface area contributed by atoms with E-state index < -0.39 is 0 Å². The Morgan fingerprint density at radius 1 is 0.931 bits per heavy atom. The van der Waals surface area contributed by atoms with Gasteiger partial charge in [0.2, 0.25) is 0 Å². The highest BCUT2D eigenvalue weighted by Crippen LogP contribution is 2.42. The van der Waals surface area contributed by atoms with E-state index in [0.29, 0.717) is 5.56 Å². The van der Waals surface area contributed by atoms with Crippen molar-refractivity contribution in [1.82, 2.24) is 9.97 Å². The molecule has 4 nitrogen and oxygen atoms in total. The Balaban J connectivity index is 2.11. The summed E-state index contributed by atoms with van der Waals surface area (Å²) in [4.78, 5) is 20.1. The number of fused-ring (bicyclic) bond motifs is 1. The molecule has 0 spiro atoms. The fraction of sp³-hybridized carbons (Fsp3) is 0.200. The lowest BCUT2D eigenvalue weighted by Crippen LogP contribution is -2.15. The van der Waals surface area contributed by atoms with E-state index in [-0.39, 0.29) is 11.0 Å². The summed E-state index contributed by atoms with van der Waals surface area (Å²) in [6, 6.07) is 18.0. The molecule has 0 unspecified atom stereocenters. The minimum absolute atomic E-state index is 0.132. The predicted molar refractivity (Wildman–Crippen MR) is 118 cm³/mol. The second-order valence-corrected chi connectivity index (χ2v) is 8.15. The van der Waals surface area contributed by atoms with Crippen LogP contribution < -0.4 is 10.3 Å². The monoisotopic (exact) mass is 384 g/mol. The molecule has 2 heterocycles. The van der Waals surface area contributed by atoms with Crippen molar-refractivity contribution in [2.45, 2.75) is 26.2 Å². The molecule has 0 aliphatic carbocycles. The molecule has 2 aromatic heterocycles. The van der Waals surface area contributed by atoms with Gasteiger partial charge in [0.05, 0.1) is 12.6 Å². The van der Waals surface area contributed by atoms with Crippen LogP contribution in [0.2, 0.25) is 0 Å². The fourth-order valence-electron chi connectivity index (χ4n) is 3.68. The van der Waals surface area contributed by atoms with Gasteiger partial charge in [-0.15, -0.1) is 0 Å². The molecule has 146 valence electrons. The van der Waals surface area contributed by atoms with Crippen molar-refractivity contribution < 1.29 is 4.74 Å². The van der Waals surface area contributed by atoms with Gasteiger partial charge in [0.1, 0.15) is 5.75 Å². The molecule has 0 saturated carbocycles. The molecular formula is C25H24N2O2. The number of ether oxygens (including phenoxy) is 1. The largest absolute Gasteiger partial charge is 0.496 e. The number of rotatable bonds is 3. The summed E-state index contributed by atoms with van der Waals surface area (Å²) >= 11 is 0. The van der Waals surface area contributed by atoms with Crippen molar-refractivity contribution in [2.75, 3.05) is 7.11 Å². The van der Waals surface area contributed by atoms with Gasteiger partial charge in [-0.3, -0.25) is 9.78 Å². The van der Waals surface area contributed by atoms with E-state index in [2.05, 4.69) is 44.0 Å². The Morgan fingerprint density at radius 3 is 2.34 bits per heavy atom. The number of nitrogens with zero attached hydrogens (tertiary/aromatic N) is 1. The number of H-pyrrole nitrogens is 1. The van der Waals surface area contributed by atoms with Crippen LogP contribution >= 0.6 is 0 Å². The molecule has 2 aromatic carbocycles. The maximum atomic E-state index is 12.6. The molecule has 0 atom stereocenters. The van der Waals surface area contributed by atoms with Crippen molar-refractivity contribution in [1.29, 1.82) is 0 Å². The number of hydrogen-bond acceptors (Lipinski definition) is 3. The lowest BCUT2D eigenvalue weighted by molar-refractivity contribution is 0.402. The van der Waals surface area contributed by atoms with Crippen LogP contribution in [0, 0.1) is 0 Å². The highest BCUT2D eigenvalue weighted by atomic mass is 16.5. The number of aromatic nitrogens is 2. The predicted octanol–water partition coefficient (Wildman–Crippen LogP) is 5.56. The summed E-state index contributed by atoms with van der Waals surface area (Å²) in [6.07, 6.45) is 3.50. The zero-order valence-electron chi connectivity index (χ0n) is 17.1. The molecule has 0 fully saturated rings. The zero-order chi connectivity index (χ0) is 20.6. The van der Waals surface area contributed by atoms with Crippen molar-refractivity contribution in [3.8, 4) is 28.0 Å². The van der Waals surface area contributed by atoms with Crippen LogP contribution in [0.3, 0.4) is 0 Å². The van der Waals surface area contributed by atoms with Crippen LogP contribution in [0.1, 0.15) is 26.3 Å². The Labute approximate surface area is 170 Å². The summed E-state index contributed by atoms with van der Waals surface area (Å²) in [5.41, 5.74) is 5.01. The molecule has 29 heavy (non-hydrogen) atoms. The molecule has 0 saturated heterocycles. The van der Waals surface area contributed by atoms with Gasteiger partial charge in [0, 0.05) is 40.0 Å². The molecule has 0 bridgehead atoms. The maximum absolute atomic E-state index is 12.6. The first-order valence-electron chi connectivity index (χ1n) is 9.65. The van der Waals surface area contributed by atoms with Gasteiger partial charge in [-0.25, -0.2) is 0 Å². The van der Waals surface area contributed by atoms with Crippen LogP contribution in [0.25, 0.3) is 33.2 Å². The van der Waals surface area contributed by atoms with Gasteiger partial charge in [-0.05, 0) is 35.2 Å². The number of nitrogens with one attached hydrogen (secondary N) is 1. The van der Waals surface area contributed by atoms with E-state index in [9.17, 15) is 4.79 Å². The molecule has 4 aromatic rings. The van der Waals surface area contributed by atoms with Gasteiger partial charge < -0.3 is 9.72 Å². The Hall–Kier alpha value is -3.40. The molecule has 0 radical (unpaired) electrons. The topological polar surface area (TPSA) is 55.0 Å². The van der Waals surface area contributed by atoms with E-state index in [1.807, 2.05) is 42.6 Å². The zero-order valence-corrected chi connectivity index (χ0v) is 17.1. The lowest BCUT2D eigenvalue weighted by Gasteiger charge is -2.25. The minimum atomic E-state index is -0.168. The first kappa shape index (κ1) is 18.9. The van der Waals surface area contributed by atoms with Crippen LogP contribution in [-0.4, -0.2) is 17.1 Å². The summed E-state index contributed by atoms with van der Waals surface area (Å²) in [7, 11) is 1.69. The van der Waals surface area contributed by atoms with Gasteiger partial charge in [-0.2, -0.15) is 0 Å². The Kier molecular flexibility index (Phi) is 4.71. The summed E-state index contributed by atoms with van der Waals surface area (Å²) in [5, 5.41) is 0.902. The average molecular weight is 384 g/mol. The number of aromatic amines is 1. The second-order valence-electron chi connectivity index (χ2n) is 8.15. The van der Waals surface area contributed by atoms with Gasteiger partial charge >= 0.3 is 0 Å². The maximum Gasteiger partial charge on any atom is 0.255 e. The Morgan fingerprint density at radius 2 is 1.69 bits per heavy atom. The first-order valence-corrected chi connectivity index (χ1v) is 9.65. The third kappa shape index (κ3) is 3.42. The van der Waals surface area contributed by atoms with Gasteiger partial charge in [0.15, 0.2) is 0 Å². The van der Waals surface area contributed by atoms with Crippen LogP contribution in [0.5, 0.6) is 5.75 Å². The van der Waals surface area contributed by atoms with Crippen LogP contribution in [0.4, 0.5) is 0 Å². The average Bonchev–Trinajstić information content (AvgIpc) is 2.72. The Bertz CT molecular complexity index is 1240. The molecule has 4 heteroatoms. The highest BCUT2D eigenvalue weighted by Gasteiger charge is 2.24. The van der Waals surface area contributed by atoms with Gasteiger partial charge in [0.25, 0.3) is 5.56 Å². The quantitative estimate of drug-likeness (QED) is 0.503. The van der Waals surface area contributed by atoms with E-state index in [0.717, 1.165) is 38.9 Å². The molecule has 0 amide bonds. The molecule has 0 aliphatic rings. The van der Waals surface area contributed by atoms with E-state index in [1.165, 1.54) is 0 Å². The van der Waals surface area contributed by atoms with Crippen molar-refractivity contribution >= 4 is 10.9 Å². The summed E-state index contributed by atoms with van der Waals surface area (Å²) in [5.74, 6) is 0.800. The van der Waals surface area contributed by atoms with Gasteiger partial charge in [-0.1, -0.05) is 51.1 Å². The first-order chi connectivity index (χ1) is 13.9. The second kappa shape index (κ2) is 7.21. The van der Waals surface area contributed by atoms with Crippen molar-refractivity contribution in [3.05, 3.63) is 82.9 Å². The van der Waals surface area contributed by atoms with Crippen molar-refractivity contribution in [3.63, 3.8) is 0 Å². The standard InChI is InChI=1S/C25H24N2O2/c1-25(2,3)21-14-19(18-11-8-12-26-24(18)28)22-20(23(21)29-4)13-17(15-27-22)16-9-6-5-7-10-16/h5-15H,1-4H3,(H,26,28). The van der Waals surface area contributed by atoms with Crippen LogP contribution in [0.15, 0.2) is 71.8 Å². The third-order valence-electron chi connectivity index (χ3n) is 5.15. The summed E-state index contributed by atoms with van der Waals surface area (Å²) in [6.45, 7) is 6.43.